The van der Waals surface area contributed by atoms with Crippen LogP contribution >= 0.6 is 0 Å². The summed E-state index contributed by atoms with van der Waals surface area (Å²) in [5, 5.41) is 0. The van der Waals surface area contributed by atoms with Crippen LogP contribution in [0.2, 0.25) is 0 Å². The summed E-state index contributed by atoms with van der Waals surface area (Å²) in [7, 11) is 0. The number of pyridine rings is 1. The number of anilines is 1. The van der Waals surface area contributed by atoms with Crippen molar-refractivity contribution in [1.82, 2.24) is 4.98 Å². The van der Waals surface area contributed by atoms with Gasteiger partial charge in [0, 0.05) is 6.20 Å². The maximum atomic E-state index is 12.3. The number of hydrogen-bond donors (Lipinski definition) is 2. The van der Waals surface area contributed by atoms with Crippen LogP contribution in [0.4, 0.5) is 27.6 Å². The highest BCUT2D eigenvalue weighted by atomic mass is 19.4. The Morgan fingerprint density at radius 3 is 2.27 bits per heavy atom. The quantitative estimate of drug-likeness (QED) is 0.721. The lowest BCUT2D eigenvalue weighted by Gasteiger charge is -2.13. The number of hydrogen-bond acceptors (Lipinski definition) is 2. The molecular formula is C7H5F5N2O. The topological polar surface area (TPSA) is 58.9 Å². The number of H-pyrrole nitrogens is 1. The highest BCUT2D eigenvalue weighted by Gasteiger charge is 2.37. The van der Waals surface area contributed by atoms with Gasteiger partial charge in [-0.05, 0) is 0 Å². The van der Waals surface area contributed by atoms with Crippen LogP contribution in [0.1, 0.15) is 17.6 Å². The van der Waals surface area contributed by atoms with Gasteiger partial charge < -0.3 is 10.7 Å². The van der Waals surface area contributed by atoms with Crippen LogP contribution < -0.4 is 11.3 Å². The number of aromatic amines is 1. The van der Waals surface area contributed by atoms with Crippen LogP contribution in [0.3, 0.4) is 0 Å². The maximum Gasteiger partial charge on any atom is 0.418 e. The molecule has 0 amide bonds. The molecule has 0 aliphatic rings. The lowest BCUT2D eigenvalue weighted by Crippen LogP contribution is -2.20. The van der Waals surface area contributed by atoms with Gasteiger partial charge in [0.2, 0.25) is 0 Å². The molecule has 0 aliphatic heterocycles. The van der Waals surface area contributed by atoms with Gasteiger partial charge in [-0.3, -0.25) is 4.79 Å². The molecule has 0 unspecified atom stereocenters. The first kappa shape index (κ1) is 11.5. The highest BCUT2D eigenvalue weighted by molar-refractivity contribution is 5.50. The molecular weight excluding hydrogens is 223 g/mol. The van der Waals surface area contributed by atoms with E-state index in [1.54, 1.807) is 4.98 Å². The van der Waals surface area contributed by atoms with Crippen LogP contribution in [0, 0.1) is 0 Å². The fraction of sp³-hybridized carbons (Fsp3) is 0.286. The van der Waals surface area contributed by atoms with E-state index in [1.165, 1.54) is 0 Å². The smallest absolute Gasteiger partial charge is 0.394 e. The Bertz CT molecular complexity index is 422. The fourth-order valence-corrected chi connectivity index (χ4v) is 1.03. The predicted molar refractivity (Wildman–Crippen MR) is 41.4 cm³/mol. The summed E-state index contributed by atoms with van der Waals surface area (Å²) >= 11 is 0. The van der Waals surface area contributed by atoms with E-state index < -0.39 is 35.0 Å². The van der Waals surface area contributed by atoms with Gasteiger partial charge in [0.1, 0.15) is 5.69 Å². The van der Waals surface area contributed by atoms with Gasteiger partial charge in [-0.1, -0.05) is 0 Å². The average Bonchev–Trinajstić information content (AvgIpc) is 2.06. The van der Waals surface area contributed by atoms with Gasteiger partial charge in [-0.25, -0.2) is 8.78 Å². The second-order valence-corrected chi connectivity index (χ2v) is 2.66. The molecule has 0 bridgehead atoms. The molecule has 0 fully saturated rings. The molecule has 3 nitrogen and oxygen atoms in total. The normalized spacial score (nSPS) is 12.1. The monoisotopic (exact) mass is 228 g/mol. The summed E-state index contributed by atoms with van der Waals surface area (Å²) in [6, 6.07) is 0. The van der Waals surface area contributed by atoms with Crippen molar-refractivity contribution in [2.75, 3.05) is 5.73 Å². The Kier molecular flexibility index (Phi) is 2.69. The third-order valence-corrected chi connectivity index (χ3v) is 1.70. The summed E-state index contributed by atoms with van der Waals surface area (Å²) in [5.41, 5.74) is -0.533. The van der Waals surface area contributed by atoms with Gasteiger partial charge in [0.25, 0.3) is 12.0 Å². The molecule has 0 aromatic carbocycles. The first-order chi connectivity index (χ1) is 6.75. The van der Waals surface area contributed by atoms with Gasteiger partial charge in [-0.2, -0.15) is 13.2 Å². The van der Waals surface area contributed by atoms with Crippen LogP contribution in [0.25, 0.3) is 0 Å². The summed E-state index contributed by atoms with van der Waals surface area (Å²) < 4.78 is 61.2. The second kappa shape index (κ2) is 3.52. The molecule has 1 aromatic rings. The van der Waals surface area contributed by atoms with E-state index in [0.29, 0.717) is 0 Å². The van der Waals surface area contributed by atoms with Gasteiger partial charge in [-0.15, -0.1) is 0 Å². The van der Waals surface area contributed by atoms with E-state index in [0.717, 1.165) is 0 Å². The fourth-order valence-electron chi connectivity index (χ4n) is 1.03. The van der Waals surface area contributed by atoms with E-state index in [2.05, 4.69) is 0 Å². The molecule has 0 spiro atoms. The molecule has 0 radical (unpaired) electrons. The van der Waals surface area contributed by atoms with Crippen molar-refractivity contribution in [3.8, 4) is 0 Å². The Labute approximate surface area is 79.7 Å². The van der Waals surface area contributed by atoms with Crippen LogP contribution in [-0.4, -0.2) is 4.98 Å². The van der Waals surface area contributed by atoms with Gasteiger partial charge >= 0.3 is 6.18 Å². The van der Waals surface area contributed by atoms with E-state index >= 15 is 0 Å². The van der Waals surface area contributed by atoms with Crippen molar-refractivity contribution in [2.45, 2.75) is 12.6 Å². The zero-order valence-electron chi connectivity index (χ0n) is 7.03. The number of aromatic nitrogens is 1. The van der Waals surface area contributed by atoms with Gasteiger partial charge in [0.15, 0.2) is 0 Å². The van der Waals surface area contributed by atoms with E-state index in [1.807, 2.05) is 0 Å². The first-order valence-corrected chi connectivity index (χ1v) is 3.61. The molecule has 0 saturated heterocycles. The number of alkyl halides is 5. The maximum absolute atomic E-state index is 12.3. The number of nitrogens with one attached hydrogen (secondary N) is 1. The van der Waals surface area contributed by atoms with Crippen molar-refractivity contribution < 1.29 is 22.0 Å². The standard InChI is InChI=1S/C7H5F5N2O/c8-5(9)3-2(7(10,11)12)1-14-6(15)4(3)13/h1,5H,13H2,(H,14,15). The molecule has 84 valence electrons. The minimum Gasteiger partial charge on any atom is -0.394 e. The second-order valence-electron chi connectivity index (χ2n) is 2.66. The summed E-state index contributed by atoms with van der Waals surface area (Å²) in [4.78, 5) is 12.4. The molecule has 8 heteroatoms. The molecule has 1 rings (SSSR count). The summed E-state index contributed by atoms with van der Waals surface area (Å²) in [5.74, 6) is 0. The van der Waals surface area contributed by atoms with Crippen LogP contribution in [-0.2, 0) is 6.18 Å². The molecule has 3 N–H and O–H groups in total. The lowest BCUT2D eigenvalue weighted by molar-refractivity contribution is -0.139. The molecule has 1 heterocycles. The number of rotatable bonds is 1. The average molecular weight is 228 g/mol. The Hall–Kier alpha value is -1.60. The predicted octanol–water partition coefficient (Wildman–Crippen LogP) is 1.91. The molecule has 1 aromatic heterocycles. The van der Waals surface area contributed by atoms with E-state index in [9.17, 15) is 26.7 Å². The summed E-state index contributed by atoms with van der Waals surface area (Å²) in [6.45, 7) is 0. The van der Waals surface area contributed by atoms with Crippen molar-refractivity contribution in [3.05, 3.63) is 27.7 Å². The first-order valence-electron chi connectivity index (χ1n) is 3.61. The minimum absolute atomic E-state index is 0.181. The van der Waals surface area contributed by atoms with Crippen molar-refractivity contribution in [3.63, 3.8) is 0 Å². The number of halogens is 5. The Morgan fingerprint density at radius 2 is 1.87 bits per heavy atom. The molecule has 15 heavy (non-hydrogen) atoms. The third kappa shape index (κ3) is 2.08. The molecule has 0 saturated carbocycles. The summed E-state index contributed by atoms with van der Waals surface area (Å²) in [6.07, 6.45) is -8.26. The third-order valence-electron chi connectivity index (χ3n) is 1.70. The largest absolute Gasteiger partial charge is 0.418 e. The lowest BCUT2D eigenvalue weighted by atomic mass is 10.1. The van der Waals surface area contributed by atoms with Crippen LogP contribution in [0.5, 0.6) is 0 Å². The Balaban J connectivity index is 3.55. The molecule has 0 aliphatic carbocycles. The zero-order chi connectivity index (χ0) is 11.8. The van der Waals surface area contributed by atoms with Crippen molar-refractivity contribution in [1.29, 1.82) is 0 Å². The Morgan fingerprint density at radius 1 is 1.33 bits per heavy atom. The number of nitrogen functional groups attached to an aromatic ring is 1. The van der Waals surface area contributed by atoms with Crippen molar-refractivity contribution in [2.24, 2.45) is 0 Å². The van der Waals surface area contributed by atoms with E-state index in [-0.39, 0.29) is 6.20 Å². The van der Waals surface area contributed by atoms with Gasteiger partial charge in [0.05, 0.1) is 11.1 Å². The number of nitrogens with two attached hydrogens (primary N) is 1. The van der Waals surface area contributed by atoms with Crippen molar-refractivity contribution >= 4 is 5.69 Å². The SMILES string of the molecule is Nc1c(C(F)F)c(C(F)(F)F)c[nH]c1=O. The molecule has 0 atom stereocenters. The highest BCUT2D eigenvalue weighted by Crippen LogP contribution is 2.37. The van der Waals surface area contributed by atoms with Crippen LogP contribution in [0.15, 0.2) is 11.0 Å². The minimum atomic E-state index is -4.98. The van der Waals surface area contributed by atoms with E-state index in [4.69, 9.17) is 5.73 Å². The zero-order valence-corrected chi connectivity index (χ0v) is 7.03.